The maximum atomic E-state index is 10.5. The van der Waals surface area contributed by atoms with E-state index in [-0.39, 0.29) is 0 Å². The summed E-state index contributed by atoms with van der Waals surface area (Å²) in [7, 11) is 1.67. The van der Waals surface area contributed by atoms with Gasteiger partial charge in [-0.25, -0.2) is 4.98 Å². The second-order valence-corrected chi connectivity index (χ2v) is 7.02. The van der Waals surface area contributed by atoms with E-state index in [1.165, 1.54) is 0 Å². The molecule has 0 aliphatic rings. The van der Waals surface area contributed by atoms with Gasteiger partial charge in [0.05, 0.1) is 17.3 Å². The third-order valence-corrected chi connectivity index (χ3v) is 5.29. The predicted molar refractivity (Wildman–Crippen MR) is 112 cm³/mol. The Bertz CT molecular complexity index is 1110. The molecular weight excluding hydrogens is 356 g/mol. The van der Waals surface area contributed by atoms with Crippen molar-refractivity contribution >= 4 is 39.4 Å². The standard InChI is InChI=1S/C22H16N2O2S/c1-26-19-12-13-20-21(14-19)27-22(23-20)17-8-4-15(5-9-17)2-3-16-6-10-18(24-25)11-7-16/h2-14H,1H3. The third-order valence-electron chi connectivity index (χ3n) is 4.22. The molecule has 0 atom stereocenters. The van der Waals surface area contributed by atoms with Gasteiger partial charge in [0.2, 0.25) is 0 Å². The van der Waals surface area contributed by atoms with E-state index in [4.69, 9.17) is 9.72 Å². The van der Waals surface area contributed by atoms with E-state index in [2.05, 4.69) is 29.4 Å². The van der Waals surface area contributed by atoms with E-state index >= 15 is 0 Å². The Labute approximate surface area is 160 Å². The molecular formula is C22H16N2O2S. The normalized spacial score (nSPS) is 11.1. The molecule has 0 radical (unpaired) electrons. The van der Waals surface area contributed by atoms with Crippen LogP contribution in [0.1, 0.15) is 11.1 Å². The topological polar surface area (TPSA) is 51.6 Å². The molecule has 4 rings (SSSR count). The molecule has 0 aliphatic carbocycles. The monoisotopic (exact) mass is 372 g/mol. The number of methoxy groups -OCH3 is 1. The van der Waals surface area contributed by atoms with Gasteiger partial charge in [0.25, 0.3) is 0 Å². The lowest BCUT2D eigenvalue weighted by Gasteiger charge is -1.98. The molecule has 3 aromatic carbocycles. The molecule has 0 bridgehead atoms. The highest BCUT2D eigenvalue weighted by Crippen LogP contribution is 2.32. The number of fused-ring (bicyclic) bond motifs is 1. The van der Waals surface area contributed by atoms with Gasteiger partial charge < -0.3 is 4.74 Å². The Morgan fingerprint density at radius 3 is 2.22 bits per heavy atom. The minimum atomic E-state index is 0.435. The van der Waals surface area contributed by atoms with Crippen molar-refractivity contribution in [1.29, 1.82) is 0 Å². The first-order valence-corrected chi connectivity index (χ1v) is 9.23. The molecule has 0 spiro atoms. The SMILES string of the molecule is COc1ccc2nc(-c3ccc(C=Cc4ccc(N=O)cc4)cc3)sc2c1. The van der Waals surface area contributed by atoms with Crippen LogP contribution in [-0.4, -0.2) is 12.1 Å². The fraction of sp³-hybridized carbons (Fsp3) is 0.0455. The zero-order valence-corrected chi connectivity index (χ0v) is 15.4. The molecule has 132 valence electrons. The second kappa shape index (κ2) is 7.51. The zero-order valence-electron chi connectivity index (χ0n) is 14.6. The molecule has 27 heavy (non-hydrogen) atoms. The van der Waals surface area contributed by atoms with E-state index in [1.807, 2.05) is 42.5 Å². The second-order valence-electron chi connectivity index (χ2n) is 5.99. The smallest absolute Gasteiger partial charge is 0.124 e. The van der Waals surface area contributed by atoms with Gasteiger partial charge in [-0.15, -0.1) is 16.2 Å². The number of ether oxygens (including phenoxy) is 1. The molecule has 4 nitrogen and oxygen atoms in total. The number of aromatic nitrogens is 1. The summed E-state index contributed by atoms with van der Waals surface area (Å²) in [4.78, 5) is 15.2. The van der Waals surface area contributed by atoms with Crippen molar-refractivity contribution in [1.82, 2.24) is 4.98 Å². The fourth-order valence-corrected chi connectivity index (χ4v) is 3.73. The Hall–Kier alpha value is -3.31. The molecule has 1 aromatic heterocycles. The molecule has 1 heterocycles. The lowest BCUT2D eigenvalue weighted by Crippen LogP contribution is -1.80. The predicted octanol–water partition coefficient (Wildman–Crippen LogP) is 6.54. The van der Waals surface area contributed by atoms with Crippen LogP contribution < -0.4 is 4.74 Å². The summed E-state index contributed by atoms with van der Waals surface area (Å²) in [6, 6.07) is 21.4. The summed E-state index contributed by atoms with van der Waals surface area (Å²) < 4.78 is 6.39. The van der Waals surface area contributed by atoms with Crippen LogP contribution in [0.5, 0.6) is 5.75 Å². The summed E-state index contributed by atoms with van der Waals surface area (Å²) in [5, 5.41) is 3.90. The summed E-state index contributed by atoms with van der Waals surface area (Å²) in [5.41, 5.74) is 4.62. The average molecular weight is 372 g/mol. The molecule has 0 N–H and O–H groups in total. The minimum Gasteiger partial charge on any atom is -0.497 e. The lowest BCUT2D eigenvalue weighted by molar-refractivity contribution is 0.415. The maximum Gasteiger partial charge on any atom is 0.124 e. The van der Waals surface area contributed by atoms with Gasteiger partial charge in [-0.05, 0) is 46.6 Å². The maximum absolute atomic E-state index is 10.5. The number of nitrogens with zero attached hydrogens (tertiary/aromatic N) is 2. The highest BCUT2D eigenvalue weighted by atomic mass is 32.1. The van der Waals surface area contributed by atoms with E-state index in [0.29, 0.717) is 5.69 Å². The van der Waals surface area contributed by atoms with E-state index in [9.17, 15) is 4.91 Å². The average Bonchev–Trinajstić information content (AvgIpc) is 3.16. The van der Waals surface area contributed by atoms with E-state index in [0.717, 1.165) is 37.7 Å². The number of thiazole rings is 1. The van der Waals surface area contributed by atoms with Crippen LogP contribution in [0.3, 0.4) is 0 Å². The van der Waals surface area contributed by atoms with Crippen molar-refractivity contribution in [2.45, 2.75) is 0 Å². The van der Waals surface area contributed by atoms with Gasteiger partial charge in [-0.2, -0.15) is 0 Å². The van der Waals surface area contributed by atoms with Gasteiger partial charge in [0.15, 0.2) is 0 Å². The fourth-order valence-electron chi connectivity index (χ4n) is 2.73. The molecule has 5 heteroatoms. The first kappa shape index (κ1) is 17.1. The van der Waals surface area contributed by atoms with Crippen LogP contribution >= 0.6 is 11.3 Å². The largest absolute Gasteiger partial charge is 0.497 e. The first-order valence-electron chi connectivity index (χ1n) is 8.42. The Balaban J connectivity index is 1.54. The first-order chi connectivity index (χ1) is 13.2. The van der Waals surface area contributed by atoms with Crippen molar-refractivity contribution in [3.05, 3.63) is 82.8 Å². The molecule has 0 fully saturated rings. The Morgan fingerprint density at radius 1 is 0.926 bits per heavy atom. The molecule has 0 unspecified atom stereocenters. The van der Waals surface area contributed by atoms with Crippen molar-refractivity contribution < 1.29 is 4.74 Å². The van der Waals surface area contributed by atoms with Gasteiger partial charge in [0, 0.05) is 5.56 Å². The molecule has 4 aromatic rings. The summed E-state index contributed by atoms with van der Waals surface area (Å²) in [5.74, 6) is 0.843. The summed E-state index contributed by atoms with van der Waals surface area (Å²) in [6.07, 6.45) is 4.05. The van der Waals surface area contributed by atoms with Gasteiger partial charge in [-0.3, -0.25) is 0 Å². The zero-order chi connectivity index (χ0) is 18.6. The van der Waals surface area contributed by atoms with Crippen LogP contribution in [0.4, 0.5) is 5.69 Å². The number of rotatable bonds is 5. The Kier molecular flexibility index (Phi) is 4.77. The number of benzene rings is 3. The van der Waals surface area contributed by atoms with Crippen molar-refractivity contribution in [2.24, 2.45) is 5.18 Å². The van der Waals surface area contributed by atoms with Crippen LogP contribution in [0.25, 0.3) is 32.9 Å². The quantitative estimate of drug-likeness (QED) is 0.295. The molecule has 0 amide bonds. The van der Waals surface area contributed by atoms with Crippen molar-refractivity contribution in [3.63, 3.8) is 0 Å². The highest BCUT2D eigenvalue weighted by molar-refractivity contribution is 7.21. The van der Waals surface area contributed by atoms with Crippen LogP contribution in [0.2, 0.25) is 0 Å². The highest BCUT2D eigenvalue weighted by Gasteiger charge is 2.07. The molecule has 0 saturated heterocycles. The lowest BCUT2D eigenvalue weighted by atomic mass is 10.1. The summed E-state index contributed by atoms with van der Waals surface area (Å²) >= 11 is 1.66. The van der Waals surface area contributed by atoms with Crippen LogP contribution in [-0.2, 0) is 0 Å². The van der Waals surface area contributed by atoms with Crippen LogP contribution in [0, 0.1) is 4.91 Å². The van der Waals surface area contributed by atoms with Gasteiger partial charge in [-0.1, -0.05) is 48.6 Å². The van der Waals surface area contributed by atoms with Crippen LogP contribution in [0.15, 0.2) is 71.9 Å². The van der Waals surface area contributed by atoms with E-state index in [1.54, 1.807) is 30.6 Å². The summed E-state index contributed by atoms with van der Waals surface area (Å²) in [6.45, 7) is 0. The molecule has 0 saturated carbocycles. The van der Waals surface area contributed by atoms with Gasteiger partial charge >= 0.3 is 0 Å². The van der Waals surface area contributed by atoms with Gasteiger partial charge in [0.1, 0.15) is 16.4 Å². The molecule has 0 aliphatic heterocycles. The van der Waals surface area contributed by atoms with E-state index < -0.39 is 0 Å². The number of nitroso groups, excluding NO2 is 1. The Morgan fingerprint density at radius 2 is 1.59 bits per heavy atom. The van der Waals surface area contributed by atoms with Crippen molar-refractivity contribution in [3.8, 4) is 16.3 Å². The third kappa shape index (κ3) is 3.78. The minimum absolute atomic E-state index is 0.435. The number of hydrogen-bond acceptors (Lipinski definition) is 5. The van der Waals surface area contributed by atoms with Crippen molar-refractivity contribution in [2.75, 3.05) is 7.11 Å². The number of hydrogen-bond donors (Lipinski definition) is 0.